The summed E-state index contributed by atoms with van der Waals surface area (Å²) in [7, 11) is 0. The van der Waals surface area contributed by atoms with Crippen molar-refractivity contribution in [3.8, 4) is 11.8 Å². The molecule has 0 aliphatic heterocycles. The van der Waals surface area contributed by atoms with Gasteiger partial charge in [-0.2, -0.15) is 5.26 Å². The fourth-order valence-corrected chi connectivity index (χ4v) is 3.50. The quantitative estimate of drug-likeness (QED) is 0.275. The van der Waals surface area contributed by atoms with Crippen molar-refractivity contribution < 1.29 is 9.53 Å². The van der Waals surface area contributed by atoms with E-state index in [4.69, 9.17) is 51.1 Å². The van der Waals surface area contributed by atoms with Gasteiger partial charge in [-0.1, -0.05) is 64.6 Å². The Morgan fingerprint density at radius 3 is 2.47 bits per heavy atom. The lowest BCUT2D eigenvalue weighted by Gasteiger charge is -2.10. The number of amides is 1. The van der Waals surface area contributed by atoms with Crippen LogP contribution in [0.2, 0.25) is 20.1 Å². The molecule has 0 aliphatic carbocycles. The third-order valence-corrected chi connectivity index (χ3v) is 5.97. The number of hydrogen-bond acceptors (Lipinski definition) is 3. The second-order valence-electron chi connectivity index (χ2n) is 6.76. The van der Waals surface area contributed by atoms with Crippen LogP contribution in [0.5, 0.6) is 5.75 Å². The van der Waals surface area contributed by atoms with Crippen molar-refractivity contribution in [3.63, 3.8) is 0 Å². The summed E-state index contributed by atoms with van der Waals surface area (Å²) in [5.41, 5.74) is 2.58. The zero-order chi connectivity index (χ0) is 23.3. The molecule has 0 aromatic heterocycles. The molecule has 1 N–H and O–H groups in total. The predicted molar refractivity (Wildman–Crippen MR) is 131 cm³/mol. The molecular weight excluding hydrogens is 490 g/mol. The molecule has 0 spiro atoms. The maximum absolute atomic E-state index is 12.6. The molecule has 0 unspecified atom stereocenters. The number of hydrogen-bond donors (Lipinski definition) is 1. The van der Waals surface area contributed by atoms with Gasteiger partial charge in [0.2, 0.25) is 0 Å². The lowest BCUT2D eigenvalue weighted by molar-refractivity contribution is -0.112. The number of nitrogens with one attached hydrogen (secondary N) is 1. The van der Waals surface area contributed by atoms with Crippen molar-refractivity contribution in [2.75, 3.05) is 5.32 Å². The molecule has 3 aromatic carbocycles. The average molecular weight is 506 g/mol. The standard InChI is InChI=1S/C24H16Cl4N2O2/c1-14-18(25)3-2-4-22(14)30-24(31)17(12-29)9-15-6-8-23(21(28)10-15)32-13-16-5-7-19(26)20(27)11-16/h2-11H,13H2,1H3,(H,30,31)/b17-9+. The molecule has 162 valence electrons. The van der Waals surface area contributed by atoms with Crippen LogP contribution < -0.4 is 10.1 Å². The van der Waals surface area contributed by atoms with Crippen LogP contribution in [0.25, 0.3) is 6.08 Å². The Kier molecular flexibility index (Phi) is 8.06. The monoisotopic (exact) mass is 504 g/mol. The lowest BCUT2D eigenvalue weighted by atomic mass is 10.1. The number of nitriles is 1. The van der Waals surface area contributed by atoms with Crippen LogP contribution in [-0.2, 0) is 11.4 Å². The van der Waals surface area contributed by atoms with Gasteiger partial charge in [0.05, 0.1) is 15.1 Å². The SMILES string of the molecule is Cc1c(Cl)cccc1NC(=O)/C(C#N)=C/c1ccc(OCc2ccc(Cl)c(Cl)c2)c(Cl)c1. The summed E-state index contributed by atoms with van der Waals surface area (Å²) in [5.74, 6) is -0.0960. The van der Waals surface area contributed by atoms with Crippen LogP contribution in [0.3, 0.4) is 0 Å². The number of anilines is 1. The molecule has 0 radical (unpaired) electrons. The third kappa shape index (κ3) is 5.97. The normalized spacial score (nSPS) is 11.1. The Balaban J connectivity index is 1.73. The van der Waals surface area contributed by atoms with Gasteiger partial charge in [-0.05, 0) is 66.1 Å². The van der Waals surface area contributed by atoms with E-state index < -0.39 is 5.91 Å². The minimum absolute atomic E-state index is 0.0788. The van der Waals surface area contributed by atoms with Crippen LogP contribution in [0.15, 0.2) is 60.2 Å². The number of carbonyl (C=O) groups excluding carboxylic acids is 1. The van der Waals surface area contributed by atoms with E-state index in [2.05, 4.69) is 5.32 Å². The molecule has 0 saturated carbocycles. The molecule has 32 heavy (non-hydrogen) atoms. The number of carbonyl (C=O) groups is 1. The van der Waals surface area contributed by atoms with E-state index in [1.807, 2.05) is 6.07 Å². The number of benzene rings is 3. The molecule has 0 fully saturated rings. The predicted octanol–water partition coefficient (Wildman–Crippen LogP) is 7.73. The highest BCUT2D eigenvalue weighted by Crippen LogP contribution is 2.29. The van der Waals surface area contributed by atoms with Gasteiger partial charge in [-0.15, -0.1) is 0 Å². The van der Waals surface area contributed by atoms with Gasteiger partial charge in [0.15, 0.2) is 0 Å². The molecule has 1 amide bonds. The van der Waals surface area contributed by atoms with E-state index >= 15 is 0 Å². The average Bonchev–Trinajstić information content (AvgIpc) is 2.76. The summed E-state index contributed by atoms with van der Waals surface area (Å²) < 4.78 is 5.74. The molecule has 0 bridgehead atoms. The summed E-state index contributed by atoms with van der Waals surface area (Å²) in [5, 5.41) is 13.9. The van der Waals surface area contributed by atoms with Crippen molar-refractivity contribution in [2.24, 2.45) is 0 Å². The van der Waals surface area contributed by atoms with Crippen molar-refractivity contribution in [2.45, 2.75) is 13.5 Å². The van der Waals surface area contributed by atoms with Gasteiger partial charge in [-0.25, -0.2) is 0 Å². The van der Waals surface area contributed by atoms with Crippen LogP contribution in [0.1, 0.15) is 16.7 Å². The second kappa shape index (κ2) is 10.8. The summed E-state index contributed by atoms with van der Waals surface area (Å²) in [6, 6.07) is 17.3. The molecule has 0 saturated heterocycles. The van der Waals surface area contributed by atoms with Crippen LogP contribution in [0.4, 0.5) is 5.69 Å². The largest absolute Gasteiger partial charge is 0.487 e. The van der Waals surface area contributed by atoms with Crippen molar-refractivity contribution in [3.05, 3.63) is 97.0 Å². The smallest absolute Gasteiger partial charge is 0.266 e. The molecule has 0 atom stereocenters. The van der Waals surface area contributed by atoms with E-state index in [1.54, 1.807) is 61.5 Å². The summed E-state index contributed by atoms with van der Waals surface area (Å²) in [6.45, 7) is 2.03. The lowest BCUT2D eigenvalue weighted by Crippen LogP contribution is -2.14. The maximum Gasteiger partial charge on any atom is 0.266 e. The van der Waals surface area contributed by atoms with Gasteiger partial charge in [0.25, 0.3) is 5.91 Å². The topological polar surface area (TPSA) is 62.1 Å². The third-order valence-electron chi connectivity index (χ3n) is 4.53. The Morgan fingerprint density at radius 1 is 1.00 bits per heavy atom. The summed E-state index contributed by atoms with van der Waals surface area (Å²) in [4.78, 5) is 12.6. The minimum atomic E-state index is -0.547. The molecule has 3 rings (SSSR count). The molecular formula is C24H16Cl4N2O2. The molecule has 3 aromatic rings. The zero-order valence-corrected chi connectivity index (χ0v) is 19.8. The highest BCUT2D eigenvalue weighted by Gasteiger charge is 2.13. The summed E-state index contributed by atoms with van der Waals surface area (Å²) >= 11 is 24.3. The molecule has 0 aliphatic rings. The number of ether oxygens (including phenoxy) is 1. The molecule has 8 heteroatoms. The van der Waals surface area contributed by atoms with Crippen molar-refractivity contribution in [1.82, 2.24) is 0 Å². The molecule has 4 nitrogen and oxygen atoms in total. The van der Waals surface area contributed by atoms with E-state index in [0.29, 0.717) is 42.7 Å². The molecule has 0 heterocycles. The Bertz CT molecular complexity index is 1250. The highest BCUT2D eigenvalue weighted by atomic mass is 35.5. The zero-order valence-electron chi connectivity index (χ0n) is 16.8. The highest BCUT2D eigenvalue weighted by molar-refractivity contribution is 6.42. The van der Waals surface area contributed by atoms with Gasteiger partial charge >= 0.3 is 0 Å². The van der Waals surface area contributed by atoms with E-state index in [1.165, 1.54) is 6.08 Å². The van der Waals surface area contributed by atoms with Gasteiger partial charge in [0.1, 0.15) is 24.0 Å². The Morgan fingerprint density at radius 2 is 1.78 bits per heavy atom. The summed E-state index contributed by atoms with van der Waals surface area (Å²) in [6.07, 6.45) is 1.45. The van der Waals surface area contributed by atoms with E-state index in [-0.39, 0.29) is 12.2 Å². The Hall–Kier alpha value is -2.68. The number of nitrogens with zero attached hydrogens (tertiary/aromatic N) is 1. The van der Waals surface area contributed by atoms with Gasteiger partial charge < -0.3 is 10.1 Å². The van der Waals surface area contributed by atoms with Gasteiger partial charge in [-0.3, -0.25) is 4.79 Å². The van der Waals surface area contributed by atoms with Gasteiger partial charge in [0, 0.05) is 10.7 Å². The first-order valence-corrected chi connectivity index (χ1v) is 10.8. The maximum atomic E-state index is 12.6. The second-order valence-corrected chi connectivity index (χ2v) is 8.39. The number of halogens is 4. The van der Waals surface area contributed by atoms with Crippen molar-refractivity contribution >= 4 is 64.1 Å². The fraction of sp³-hybridized carbons (Fsp3) is 0.0833. The van der Waals surface area contributed by atoms with Crippen LogP contribution >= 0.6 is 46.4 Å². The van der Waals surface area contributed by atoms with Crippen LogP contribution in [-0.4, -0.2) is 5.91 Å². The first kappa shape index (κ1) is 24.0. The Labute approximate surface area is 205 Å². The first-order valence-electron chi connectivity index (χ1n) is 9.33. The first-order chi connectivity index (χ1) is 15.3. The minimum Gasteiger partial charge on any atom is -0.487 e. The van der Waals surface area contributed by atoms with Crippen molar-refractivity contribution in [1.29, 1.82) is 5.26 Å². The van der Waals surface area contributed by atoms with E-state index in [9.17, 15) is 10.1 Å². The fourth-order valence-electron chi connectivity index (χ4n) is 2.76. The van der Waals surface area contributed by atoms with E-state index in [0.717, 1.165) is 5.56 Å². The van der Waals surface area contributed by atoms with Crippen LogP contribution in [0, 0.1) is 18.3 Å². The number of rotatable bonds is 6.